The fourth-order valence-corrected chi connectivity index (χ4v) is 3.69. The number of methoxy groups -OCH3 is 1. The van der Waals surface area contributed by atoms with Gasteiger partial charge in [-0.1, -0.05) is 29.3 Å². The molecule has 30 heavy (non-hydrogen) atoms. The van der Waals surface area contributed by atoms with Crippen LogP contribution in [-0.4, -0.2) is 53.1 Å². The molecule has 160 valence electrons. The van der Waals surface area contributed by atoms with E-state index in [4.69, 9.17) is 33.3 Å². The quantitative estimate of drug-likeness (QED) is 0.566. The third-order valence-corrected chi connectivity index (χ3v) is 5.66. The van der Waals surface area contributed by atoms with Crippen LogP contribution in [0.2, 0.25) is 10.0 Å². The third-order valence-electron chi connectivity index (χ3n) is 4.87. The first-order valence-electron chi connectivity index (χ1n) is 9.75. The molecule has 0 spiro atoms. The molecule has 3 heterocycles. The number of carboxylic acid groups (broad SMARTS) is 1. The van der Waals surface area contributed by atoms with Crippen molar-refractivity contribution in [3.05, 3.63) is 40.6 Å². The monoisotopic (exact) mass is 450 g/mol. The molecule has 1 fully saturated rings. The Labute approximate surface area is 185 Å². The van der Waals surface area contributed by atoms with Gasteiger partial charge in [-0.2, -0.15) is 5.10 Å². The number of carbonyl (C=O) groups is 1. The summed E-state index contributed by atoms with van der Waals surface area (Å²) in [6.07, 6.45) is 7.48. The molecule has 4 rings (SSSR count). The van der Waals surface area contributed by atoms with E-state index in [1.54, 1.807) is 0 Å². The summed E-state index contributed by atoms with van der Waals surface area (Å²) < 4.78 is 4.47. The SMILES string of the molecule is COCCC(=O)O.Clc1ccc2c(-c3cn[nH]c3)cc(N3CCCCC3)nc2c1Cl. The van der Waals surface area contributed by atoms with Crippen LogP contribution in [-0.2, 0) is 9.53 Å². The molecule has 0 unspecified atom stereocenters. The van der Waals surface area contributed by atoms with Crippen molar-refractivity contribution in [2.75, 3.05) is 31.7 Å². The largest absolute Gasteiger partial charge is 0.481 e. The number of aromatic amines is 1. The Morgan fingerprint density at radius 3 is 2.63 bits per heavy atom. The fourth-order valence-electron chi connectivity index (χ4n) is 3.33. The number of ether oxygens (including phenoxy) is 1. The molecule has 0 bridgehead atoms. The van der Waals surface area contributed by atoms with Gasteiger partial charge in [-0.3, -0.25) is 9.89 Å². The average Bonchev–Trinajstić information content (AvgIpc) is 3.30. The van der Waals surface area contributed by atoms with E-state index in [0.717, 1.165) is 40.9 Å². The predicted octanol–water partition coefficient (Wildman–Crippen LogP) is 5.03. The average molecular weight is 451 g/mol. The van der Waals surface area contributed by atoms with Gasteiger partial charge in [0.05, 0.1) is 34.8 Å². The summed E-state index contributed by atoms with van der Waals surface area (Å²) in [6, 6.07) is 5.92. The number of aromatic nitrogens is 3. The molecule has 9 heteroatoms. The molecule has 3 aromatic rings. The van der Waals surface area contributed by atoms with E-state index in [1.165, 1.54) is 26.4 Å². The second-order valence-corrected chi connectivity index (χ2v) is 7.74. The number of H-pyrrole nitrogens is 1. The normalized spacial score (nSPS) is 13.8. The van der Waals surface area contributed by atoms with E-state index in [-0.39, 0.29) is 6.42 Å². The zero-order valence-corrected chi connectivity index (χ0v) is 18.2. The zero-order valence-electron chi connectivity index (χ0n) is 16.7. The topological polar surface area (TPSA) is 91.3 Å². The number of nitrogens with one attached hydrogen (secondary N) is 1. The van der Waals surface area contributed by atoms with E-state index in [9.17, 15) is 4.79 Å². The zero-order chi connectivity index (χ0) is 21.5. The second-order valence-electron chi connectivity index (χ2n) is 6.96. The van der Waals surface area contributed by atoms with Crippen molar-refractivity contribution < 1.29 is 14.6 Å². The molecule has 1 aromatic carbocycles. The maximum atomic E-state index is 9.68. The Morgan fingerprint density at radius 2 is 2.03 bits per heavy atom. The van der Waals surface area contributed by atoms with Crippen LogP contribution in [0.3, 0.4) is 0 Å². The number of pyridine rings is 1. The second kappa shape index (κ2) is 10.6. The highest BCUT2D eigenvalue weighted by Gasteiger charge is 2.18. The van der Waals surface area contributed by atoms with Gasteiger partial charge in [0, 0.05) is 37.3 Å². The van der Waals surface area contributed by atoms with E-state index >= 15 is 0 Å². The maximum absolute atomic E-state index is 9.68. The van der Waals surface area contributed by atoms with Crippen LogP contribution < -0.4 is 4.90 Å². The van der Waals surface area contributed by atoms with E-state index in [2.05, 4.69) is 25.9 Å². The summed E-state index contributed by atoms with van der Waals surface area (Å²) in [4.78, 5) is 16.8. The van der Waals surface area contributed by atoms with Gasteiger partial charge >= 0.3 is 5.97 Å². The Morgan fingerprint density at radius 1 is 1.27 bits per heavy atom. The summed E-state index contributed by atoms with van der Waals surface area (Å²) in [7, 11) is 1.48. The van der Waals surface area contributed by atoms with Gasteiger partial charge in [0.15, 0.2) is 0 Å². The number of anilines is 1. The number of nitrogens with zero attached hydrogens (tertiary/aromatic N) is 3. The van der Waals surface area contributed by atoms with Gasteiger partial charge in [-0.25, -0.2) is 4.98 Å². The first-order chi connectivity index (χ1) is 14.5. The van der Waals surface area contributed by atoms with Crippen molar-refractivity contribution in [3.63, 3.8) is 0 Å². The van der Waals surface area contributed by atoms with Crippen LogP contribution in [0, 0.1) is 0 Å². The van der Waals surface area contributed by atoms with Crippen LogP contribution in [0.1, 0.15) is 25.7 Å². The lowest BCUT2D eigenvalue weighted by Crippen LogP contribution is -2.30. The van der Waals surface area contributed by atoms with E-state index in [1.807, 2.05) is 24.5 Å². The number of piperidine rings is 1. The van der Waals surface area contributed by atoms with Crippen LogP contribution >= 0.6 is 23.2 Å². The van der Waals surface area contributed by atoms with Crippen LogP contribution in [0.15, 0.2) is 30.6 Å². The lowest BCUT2D eigenvalue weighted by Gasteiger charge is -2.28. The summed E-state index contributed by atoms with van der Waals surface area (Å²) in [5, 5.41) is 16.9. The lowest BCUT2D eigenvalue weighted by atomic mass is 10.0. The van der Waals surface area contributed by atoms with Crippen molar-refractivity contribution in [2.24, 2.45) is 0 Å². The highest BCUT2D eigenvalue weighted by atomic mass is 35.5. The highest BCUT2D eigenvalue weighted by molar-refractivity contribution is 6.45. The smallest absolute Gasteiger partial charge is 0.305 e. The summed E-state index contributed by atoms with van der Waals surface area (Å²) >= 11 is 12.6. The molecule has 0 saturated carbocycles. The number of rotatable bonds is 5. The summed E-state index contributed by atoms with van der Waals surface area (Å²) in [6.45, 7) is 2.36. The Bertz CT molecular complexity index is 990. The van der Waals surface area contributed by atoms with Gasteiger partial charge in [0.25, 0.3) is 0 Å². The van der Waals surface area contributed by atoms with Gasteiger partial charge < -0.3 is 14.7 Å². The molecular weight excluding hydrogens is 427 g/mol. The van der Waals surface area contributed by atoms with Crippen LogP contribution in [0.25, 0.3) is 22.0 Å². The standard InChI is InChI=1S/C17H16Cl2N4.C4H8O3/c18-14-5-4-12-13(11-9-20-21-10-11)8-15(22-17(12)16(14)19)23-6-2-1-3-7-23;1-7-3-2-4(5)6/h4-5,8-10H,1-3,6-7H2,(H,20,21);2-3H2,1H3,(H,5,6). The molecule has 0 atom stereocenters. The molecule has 0 amide bonds. The van der Waals surface area contributed by atoms with Gasteiger partial charge in [0.1, 0.15) is 5.82 Å². The first kappa shape index (κ1) is 22.3. The van der Waals surface area contributed by atoms with Gasteiger partial charge in [0.2, 0.25) is 0 Å². The Hall–Kier alpha value is -2.35. The van der Waals surface area contributed by atoms with Crippen LogP contribution in [0.5, 0.6) is 0 Å². The third kappa shape index (κ3) is 5.41. The van der Waals surface area contributed by atoms with Gasteiger partial charge in [-0.15, -0.1) is 0 Å². The number of benzene rings is 1. The highest BCUT2D eigenvalue weighted by Crippen LogP contribution is 2.37. The van der Waals surface area contributed by atoms with Gasteiger partial charge in [-0.05, 0) is 37.0 Å². The predicted molar refractivity (Wildman–Crippen MR) is 120 cm³/mol. The molecule has 2 N–H and O–H groups in total. The molecular formula is C21H24Cl2N4O3. The summed E-state index contributed by atoms with van der Waals surface area (Å²) in [5.41, 5.74) is 2.84. The number of hydrogen-bond donors (Lipinski definition) is 2. The minimum Gasteiger partial charge on any atom is -0.481 e. The van der Waals surface area contributed by atoms with Crippen molar-refractivity contribution in [3.8, 4) is 11.1 Å². The molecule has 2 aromatic heterocycles. The lowest BCUT2D eigenvalue weighted by molar-refractivity contribution is -0.137. The molecule has 0 aliphatic carbocycles. The molecule has 1 aliphatic rings. The Kier molecular flexibility index (Phi) is 7.90. The molecule has 0 radical (unpaired) electrons. The fraction of sp³-hybridized carbons (Fsp3) is 0.381. The van der Waals surface area contributed by atoms with E-state index < -0.39 is 5.97 Å². The maximum Gasteiger partial charge on any atom is 0.305 e. The molecule has 1 saturated heterocycles. The van der Waals surface area contributed by atoms with Crippen molar-refractivity contribution in [2.45, 2.75) is 25.7 Å². The summed E-state index contributed by atoms with van der Waals surface area (Å²) in [5.74, 6) is 0.138. The van der Waals surface area contributed by atoms with Crippen molar-refractivity contribution >= 4 is 45.9 Å². The van der Waals surface area contributed by atoms with E-state index in [0.29, 0.717) is 16.7 Å². The van der Waals surface area contributed by atoms with Crippen molar-refractivity contribution in [1.82, 2.24) is 15.2 Å². The Balaban J connectivity index is 0.000000318. The van der Waals surface area contributed by atoms with Crippen LogP contribution in [0.4, 0.5) is 5.82 Å². The minimum atomic E-state index is -0.818. The number of hydrogen-bond acceptors (Lipinski definition) is 5. The molecule has 1 aliphatic heterocycles. The number of carboxylic acids is 1. The van der Waals surface area contributed by atoms with Crippen molar-refractivity contribution in [1.29, 1.82) is 0 Å². The minimum absolute atomic E-state index is 0.0938. The first-order valence-corrected chi connectivity index (χ1v) is 10.5. The molecule has 7 nitrogen and oxygen atoms in total. The number of halogens is 2. The number of fused-ring (bicyclic) bond motifs is 1. The number of aliphatic carboxylic acids is 1.